The Hall–Kier alpha value is -3.68. The van der Waals surface area contributed by atoms with Gasteiger partial charge in [-0.15, -0.1) is 0 Å². The van der Waals surface area contributed by atoms with Gasteiger partial charge in [0, 0.05) is 17.2 Å². The third kappa shape index (κ3) is 3.14. The summed E-state index contributed by atoms with van der Waals surface area (Å²) in [5.41, 5.74) is 2.25. The standard InChI is InChI=1S/C24H24FN5O2/c1-24(2,3)30-22-18(13-26-30)19(14-5-11-17(32-4)12-6-14)20-21(27-22)28-23(31)29(20)16-9-7-15(25)8-10-16/h5-13,19-20H,1-4H3,(H,27,28,31)/t19-,20+/m1/s1. The molecular weight excluding hydrogens is 409 g/mol. The van der Waals surface area contributed by atoms with Crippen LogP contribution >= 0.6 is 0 Å². The van der Waals surface area contributed by atoms with Crippen molar-refractivity contribution in [3.63, 3.8) is 0 Å². The van der Waals surface area contributed by atoms with E-state index in [-0.39, 0.29) is 23.3 Å². The first-order valence-corrected chi connectivity index (χ1v) is 10.4. The molecule has 0 radical (unpaired) electrons. The highest BCUT2D eigenvalue weighted by atomic mass is 19.1. The van der Waals surface area contributed by atoms with Gasteiger partial charge < -0.3 is 4.74 Å². The van der Waals surface area contributed by atoms with Gasteiger partial charge in [0.15, 0.2) is 5.82 Å². The predicted molar refractivity (Wildman–Crippen MR) is 120 cm³/mol. The van der Waals surface area contributed by atoms with Crippen molar-refractivity contribution in [3.05, 3.63) is 71.7 Å². The molecule has 164 valence electrons. The molecule has 5 rings (SSSR count). The van der Waals surface area contributed by atoms with E-state index in [1.807, 2.05) is 35.1 Å². The lowest BCUT2D eigenvalue weighted by Gasteiger charge is -2.33. The maximum Gasteiger partial charge on any atom is 0.328 e. The Balaban J connectivity index is 1.70. The topological polar surface area (TPSA) is 71.7 Å². The zero-order valence-corrected chi connectivity index (χ0v) is 18.3. The monoisotopic (exact) mass is 433 g/mol. The Kier molecular flexibility index (Phi) is 4.54. The molecule has 2 atom stereocenters. The van der Waals surface area contributed by atoms with Crippen LogP contribution < -0.4 is 15.0 Å². The van der Waals surface area contributed by atoms with Crippen molar-refractivity contribution in [2.24, 2.45) is 4.99 Å². The number of amides is 2. The summed E-state index contributed by atoms with van der Waals surface area (Å²) in [6.45, 7) is 6.19. The summed E-state index contributed by atoms with van der Waals surface area (Å²) in [7, 11) is 1.63. The van der Waals surface area contributed by atoms with E-state index < -0.39 is 6.04 Å². The number of nitrogens with one attached hydrogen (secondary N) is 1. The van der Waals surface area contributed by atoms with Gasteiger partial charge in [0.1, 0.15) is 23.4 Å². The predicted octanol–water partition coefficient (Wildman–Crippen LogP) is 4.56. The smallest absolute Gasteiger partial charge is 0.328 e. The molecule has 0 saturated carbocycles. The Labute approximate surface area is 185 Å². The summed E-state index contributed by atoms with van der Waals surface area (Å²) in [5.74, 6) is 1.46. The molecule has 32 heavy (non-hydrogen) atoms. The fourth-order valence-corrected chi connectivity index (χ4v) is 4.41. The number of aromatic nitrogens is 2. The van der Waals surface area contributed by atoms with Gasteiger partial charge in [0.25, 0.3) is 0 Å². The Morgan fingerprint density at radius 3 is 2.38 bits per heavy atom. The summed E-state index contributed by atoms with van der Waals surface area (Å²) in [4.78, 5) is 19.5. The van der Waals surface area contributed by atoms with Crippen LogP contribution in [0.4, 0.5) is 20.7 Å². The molecule has 0 bridgehead atoms. The Morgan fingerprint density at radius 2 is 1.75 bits per heavy atom. The zero-order chi connectivity index (χ0) is 22.6. The lowest BCUT2D eigenvalue weighted by Crippen LogP contribution is -2.42. The number of aliphatic imine (C=N–C) groups is 1. The van der Waals surface area contributed by atoms with Gasteiger partial charge in [-0.2, -0.15) is 5.10 Å². The number of nitrogens with zero attached hydrogens (tertiary/aromatic N) is 4. The lowest BCUT2D eigenvalue weighted by molar-refractivity contribution is 0.252. The van der Waals surface area contributed by atoms with Gasteiger partial charge in [0.2, 0.25) is 0 Å². The number of anilines is 1. The number of hydrogen-bond donors (Lipinski definition) is 1. The van der Waals surface area contributed by atoms with Crippen molar-refractivity contribution in [1.82, 2.24) is 15.1 Å². The maximum atomic E-state index is 13.6. The Morgan fingerprint density at radius 1 is 1.06 bits per heavy atom. The van der Waals surface area contributed by atoms with E-state index in [0.29, 0.717) is 11.5 Å². The molecule has 1 aromatic heterocycles. The first kappa shape index (κ1) is 20.2. The van der Waals surface area contributed by atoms with Crippen LogP contribution in [-0.2, 0) is 5.54 Å². The van der Waals surface area contributed by atoms with Crippen LogP contribution in [0, 0.1) is 5.82 Å². The minimum absolute atomic E-state index is 0.219. The summed E-state index contributed by atoms with van der Waals surface area (Å²) in [5, 5.41) is 7.57. The van der Waals surface area contributed by atoms with Crippen LogP contribution in [0.15, 0.2) is 59.7 Å². The quantitative estimate of drug-likeness (QED) is 0.658. The van der Waals surface area contributed by atoms with Crippen LogP contribution in [0.2, 0.25) is 0 Å². The van der Waals surface area contributed by atoms with Crippen molar-refractivity contribution in [1.29, 1.82) is 0 Å². The molecular formula is C24H24FN5O2. The second-order valence-corrected chi connectivity index (χ2v) is 8.98. The zero-order valence-electron chi connectivity index (χ0n) is 18.3. The fraction of sp³-hybridized carbons (Fsp3) is 0.292. The molecule has 1 fully saturated rings. The number of urea groups is 1. The highest BCUT2D eigenvalue weighted by Gasteiger charge is 2.48. The summed E-state index contributed by atoms with van der Waals surface area (Å²) >= 11 is 0. The number of carbonyl (C=O) groups is 1. The number of methoxy groups -OCH3 is 1. The van der Waals surface area contributed by atoms with E-state index in [2.05, 4.69) is 31.2 Å². The van der Waals surface area contributed by atoms with E-state index in [1.165, 1.54) is 12.1 Å². The van der Waals surface area contributed by atoms with Crippen molar-refractivity contribution < 1.29 is 13.9 Å². The molecule has 8 heteroatoms. The SMILES string of the molecule is COc1ccc([C@@H]2c3cnn(C(C)(C)C)c3N=C3NC(=O)N(c4ccc(F)cc4)[C@H]32)cc1. The number of hydrogen-bond acceptors (Lipinski definition) is 4. The summed E-state index contributed by atoms with van der Waals surface area (Å²) in [6.07, 6.45) is 1.83. The number of rotatable bonds is 3. The van der Waals surface area contributed by atoms with Gasteiger partial charge in [-0.25, -0.2) is 18.9 Å². The second kappa shape index (κ2) is 7.19. The van der Waals surface area contributed by atoms with Crippen LogP contribution in [0.25, 0.3) is 0 Å². The van der Waals surface area contributed by atoms with E-state index in [4.69, 9.17) is 9.73 Å². The van der Waals surface area contributed by atoms with Crippen LogP contribution in [0.3, 0.4) is 0 Å². The molecule has 2 aliphatic heterocycles. The van der Waals surface area contributed by atoms with Crippen molar-refractivity contribution in [2.75, 3.05) is 12.0 Å². The van der Waals surface area contributed by atoms with Crippen LogP contribution in [0.1, 0.15) is 37.8 Å². The Bertz CT molecular complexity index is 1210. The minimum Gasteiger partial charge on any atom is -0.497 e. The molecule has 0 aliphatic carbocycles. The molecule has 0 unspecified atom stereocenters. The van der Waals surface area contributed by atoms with Crippen molar-refractivity contribution >= 4 is 23.4 Å². The molecule has 2 aromatic carbocycles. The molecule has 7 nitrogen and oxygen atoms in total. The average Bonchev–Trinajstić information content (AvgIpc) is 3.33. The first-order chi connectivity index (χ1) is 15.3. The van der Waals surface area contributed by atoms with Crippen LogP contribution in [0.5, 0.6) is 5.75 Å². The molecule has 3 aromatic rings. The molecule has 1 saturated heterocycles. The van der Waals surface area contributed by atoms with E-state index >= 15 is 0 Å². The van der Waals surface area contributed by atoms with Crippen molar-refractivity contribution in [2.45, 2.75) is 38.3 Å². The number of ether oxygens (including phenoxy) is 1. The summed E-state index contributed by atoms with van der Waals surface area (Å²) < 4.78 is 20.8. The van der Waals surface area contributed by atoms with Gasteiger partial charge in [-0.05, 0) is 62.7 Å². The van der Waals surface area contributed by atoms with E-state index in [0.717, 1.165) is 22.7 Å². The number of benzene rings is 2. The minimum atomic E-state index is -0.411. The third-order valence-corrected chi connectivity index (χ3v) is 5.88. The maximum absolute atomic E-state index is 13.6. The normalized spacial score (nSPS) is 19.8. The molecule has 1 N–H and O–H groups in total. The highest BCUT2D eigenvalue weighted by Crippen LogP contribution is 2.45. The fourth-order valence-electron chi connectivity index (χ4n) is 4.41. The molecule has 3 heterocycles. The number of halogens is 1. The van der Waals surface area contributed by atoms with E-state index in [9.17, 15) is 9.18 Å². The second-order valence-electron chi connectivity index (χ2n) is 8.98. The molecule has 2 amide bonds. The van der Waals surface area contributed by atoms with Crippen LogP contribution in [-0.4, -0.2) is 34.8 Å². The van der Waals surface area contributed by atoms with Crippen molar-refractivity contribution in [3.8, 4) is 5.75 Å². The van der Waals surface area contributed by atoms with E-state index in [1.54, 1.807) is 24.1 Å². The largest absolute Gasteiger partial charge is 0.497 e. The number of carbonyl (C=O) groups excluding carboxylic acids is 1. The van der Waals surface area contributed by atoms with Gasteiger partial charge in [-0.3, -0.25) is 10.2 Å². The number of fused-ring (bicyclic) bond motifs is 2. The average molecular weight is 433 g/mol. The third-order valence-electron chi connectivity index (χ3n) is 5.88. The highest BCUT2D eigenvalue weighted by molar-refractivity contribution is 6.18. The van der Waals surface area contributed by atoms with Gasteiger partial charge in [-0.1, -0.05) is 12.1 Å². The van der Waals surface area contributed by atoms with Gasteiger partial charge >= 0.3 is 6.03 Å². The number of amidine groups is 1. The molecule has 0 spiro atoms. The molecule has 2 aliphatic rings. The first-order valence-electron chi connectivity index (χ1n) is 10.4. The summed E-state index contributed by atoms with van der Waals surface area (Å²) in [6, 6.07) is 13.0. The van der Waals surface area contributed by atoms with Gasteiger partial charge in [0.05, 0.1) is 18.8 Å². The lowest BCUT2D eigenvalue weighted by atomic mass is 9.83.